The molecular weight excluding hydrogens is 310 g/mol. The van der Waals surface area contributed by atoms with Crippen molar-refractivity contribution in [3.63, 3.8) is 0 Å². The van der Waals surface area contributed by atoms with E-state index < -0.39 is 0 Å². The van der Waals surface area contributed by atoms with Crippen molar-refractivity contribution in [3.8, 4) is 11.6 Å². The standard InChI is InChI=1S/C21H15N3O/c1-23-10-8-14-9-11-24-17-12-16-15-5-3-2-4-13(15)6-7-18(16)25-21(17)22-20(24)19(14)23/h2-11H,12H2,1H3. The molecule has 0 atom stereocenters. The number of hydrogen-bond acceptors (Lipinski definition) is 2. The van der Waals surface area contributed by atoms with Crippen molar-refractivity contribution in [2.45, 2.75) is 6.42 Å². The SMILES string of the molecule is Cn1ccc2ccn3c4c(nc3c21)Oc1ccc2ccccc2c1C4. The zero-order valence-electron chi connectivity index (χ0n) is 13.7. The number of aromatic nitrogens is 3. The minimum atomic E-state index is 0.719. The second kappa shape index (κ2) is 4.42. The lowest BCUT2D eigenvalue weighted by Crippen LogP contribution is -2.05. The maximum Gasteiger partial charge on any atom is 0.241 e. The number of nitrogens with zero attached hydrogens (tertiary/aromatic N) is 3. The second-order valence-corrected chi connectivity index (χ2v) is 6.65. The predicted octanol–water partition coefficient (Wildman–Crippen LogP) is 4.68. The molecule has 2 aromatic carbocycles. The van der Waals surface area contributed by atoms with Gasteiger partial charge in [-0.3, -0.25) is 4.40 Å². The van der Waals surface area contributed by atoms with E-state index in [1.165, 1.54) is 21.7 Å². The number of imidazole rings is 1. The molecule has 3 aromatic heterocycles. The third-order valence-corrected chi connectivity index (χ3v) is 5.24. The van der Waals surface area contributed by atoms with E-state index in [0.29, 0.717) is 0 Å². The molecule has 0 saturated carbocycles. The van der Waals surface area contributed by atoms with Gasteiger partial charge in [0.25, 0.3) is 0 Å². The number of hydrogen-bond donors (Lipinski definition) is 0. The third-order valence-electron chi connectivity index (χ3n) is 5.24. The molecule has 0 spiro atoms. The number of rotatable bonds is 0. The molecule has 0 N–H and O–H groups in total. The highest BCUT2D eigenvalue weighted by Crippen LogP contribution is 2.40. The van der Waals surface area contributed by atoms with Crippen molar-refractivity contribution < 1.29 is 4.74 Å². The molecule has 1 aliphatic heterocycles. The fourth-order valence-corrected chi connectivity index (χ4v) is 4.01. The normalized spacial score (nSPS) is 13.2. The second-order valence-electron chi connectivity index (χ2n) is 6.65. The predicted molar refractivity (Wildman–Crippen MR) is 98.5 cm³/mol. The van der Waals surface area contributed by atoms with Crippen molar-refractivity contribution in [2.75, 3.05) is 0 Å². The van der Waals surface area contributed by atoms with Crippen molar-refractivity contribution in [2.24, 2.45) is 7.05 Å². The topological polar surface area (TPSA) is 31.5 Å². The van der Waals surface area contributed by atoms with Gasteiger partial charge in [0, 0.05) is 36.8 Å². The van der Waals surface area contributed by atoms with Crippen LogP contribution in [0.1, 0.15) is 11.3 Å². The lowest BCUT2D eigenvalue weighted by Gasteiger charge is -2.18. The molecule has 0 unspecified atom stereocenters. The van der Waals surface area contributed by atoms with Crippen LogP contribution in [0.4, 0.5) is 0 Å². The number of benzene rings is 2. The zero-order chi connectivity index (χ0) is 16.5. The van der Waals surface area contributed by atoms with Crippen molar-refractivity contribution >= 4 is 27.3 Å². The Morgan fingerprint density at radius 2 is 1.84 bits per heavy atom. The Morgan fingerprint density at radius 3 is 2.80 bits per heavy atom. The number of pyridine rings is 1. The fourth-order valence-electron chi connectivity index (χ4n) is 4.01. The summed E-state index contributed by atoms with van der Waals surface area (Å²) in [5, 5.41) is 3.69. The molecule has 4 heteroatoms. The lowest BCUT2D eigenvalue weighted by atomic mass is 9.98. The molecular formula is C21H15N3O. The quantitative estimate of drug-likeness (QED) is 0.406. The van der Waals surface area contributed by atoms with E-state index >= 15 is 0 Å². The molecule has 0 aliphatic carbocycles. The molecule has 25 heavy (non-hydrogen) atoms. The van der Waals surface area contributed by atoms with Crippen LogP contribution >= 0.6 is 0 Å². The maximum absolute atomic E-state index is 6.19. The van der Waals surface area contributed by atoms with Crippen LogP contribution in [0.25, 0.3) is 27.3 Å². The van der Waals surface area contributed by atoms with Gasteiger partial charge in [0.05, 0.1) is 11.2 Å². The summed E-state index contributed by atoms with van der Waals surface area (Å²) < 4.78 is 10.5. The monoisotopic (exact) mass is 325 g/mol. The summed E-state index contributed by atoms with van der Waals surface area (Å²) >= 11 is 0. The average Bonchev–Trinajstić information content (AvgIpc) is 3.20. The van der Waals surface area contributed by atoms with Crippen LogP contribution in [-0.4, -0.2) is 14.0 Å². The fraction of sp³-hybridized carbons (Fsp3) is 0.0952. The van der Waals surface area contributed by atoms with Crippen LogP contribution in [0, 0.1) is 0 Å². The summed E-state index contributed by atoms with van der Waals surface area (Å²) in [6.07, 6.45) is 4.99. The molecule has 120 valence electrons. The molecule has 0 saturated heterocycles. The van der Waals surface area contributed by atoms with E-state index in [9.17, 15) is 0 Å². The first-order chi connectivity index (χ1) is 12.3. The van der Waals surface area contributed by atoms with Crippen LogP contribution in [0.3, 0.4) is 0 Å². The van der Waals surface area contributed by atoms with Gasteiger partial charge >= 0.3 is 0 Å². The zero-order valence-corrected chi connectivity index (χ0v) is 13.7. The van der Waals surface area contributed by atoms with E-state index in [1.807, 2.05) is 0 Å². The van der Waals surface area contributed by atoms with E-state index in [2.05, 4.69) is 76.9 Å². The molecule has 6 rings (SSSR count). The van der Waals surface area contributed by atoms with Gasteiger partial charge in [-0.1, -0.05) is 30.3 Å². The van der Waals surface area contributed by atoms with Crippen LogP contribution in [0.15, 0.2) is 60.9 Å². The van der Waals surface area contributed by atoms with Gasteiger partial charge in [0.15, 0.2) is 5.65 Å². The molecule has 4 nitrogen and oxygen atoms in total. The maximum atomic E-state index is 6.19. The Labute approximate surface area is 143 Å². The van der Waals surface area contributed by atoms with E-state index in [1.54, 1.807) is 0 Å². The summed E-state index contributed by atoms with van der Waals surface area (Å²) in [7, 11) is 2.05. The van der Waals surface area contributed by atoms with Gasteiger partial charge in [0.2, 0.25) is 5.88 Å². The summed E-state index contributed by atoms with van der Waals surface area (Å²) in [6, 6.07) is 16.9. The Balaban J connectivity index is 1.66. The summed E-state index contributed by atoms with van der Waals surface area (Å²) in [5.74, 6) is 1.63. The van der Waals surface area contributed by atoms with Gasteiger partial charge in [-0.15, -0.1) is 0 Å². The van der Waals surface area contributed by atoms with Gasteiger partial charge in [-0.2, -0.15) is 4.98 Å². The van der Waals surface area contributed by atoms with Gasteiger partial charge < -0.3 is 9.30 Å². The third kappa shape index (κ3) is 1.63. The molecule has 4 heterocycles. The first-order valence-corrected chi connectivity index (χ1v) is 8.43. The van der Waals surface area contributed by atoms with Gasteiger partial charge in [0.1, 0.15) is 5.75 Å². The minimum absolute atomic E-state index is 0.719. The minimum Gasteiger partial charge on any atom is -0.437 e. The molecule has 0 bridgehead atoms. The summed E-state index contributed by atoms with van der Waals surface area (Å²) in [5.41, 5.74) is 4.43. The smallest absolute Gasteiger partial charge is 0.241 e. The number of aryl methyl sites for hydroxylation is 1. The van der Waals surface area contributed by atoms with E-state index in [0.717, 1.165) is 34.9 Å². The molecule has 0 radical (unpaired) electrons. The van der Waals surface area contributed by atoms with Crippen molar-refractivity contribution in [1.29, 1.82) is 0 Å². The number of fused-ring (bicyclic) bond motifs is 8. The first-order valence-electron chi connectivity index (χ1n) is 8.43. The van der Waals surface area contributed by atoms with Crippen molar-refractivity contribution in [1.82, 2.24) is 14.0 Å². The van der Waals surface area contributed by atoms with Gasteiger partial charge in [-0.05, 0) is 29.0 Å². The summed E-state index contributed by atoms with van der Waals surface area (Å²) in [6.45, 7) is 0. The highest BCUT2D eigenvalue weighted by atomic mass is 16.5. The average molecular weight is 325 g/mol. The number of ether oxygens (including phenoxy) is 1. The van der Waals surface area contributed by atoms with Crippen molar-refractivity contribution in [3.05, 3.63) is 72.2 Å². The summed E-state index contributed by atoms with van der Waals surface area (Å²) in [4.78, 5) is 4.81. The molecule has 0 fully saturated rings. The van der Waals surface area contributed by atoms with Crippen LogP contribution in [-0.2, 0) is 13.5 Å². The highest BCUT2D eigenvalue weighted by molar-refractivity contribution is 5.93. The van der Waals surface area contributed by atoms with E-state index in [4.69, 9.17) is 9.72 Å². The first kappa shape index (κ1) is 13.1. The van der Waals surface area contributed by atoms with Gasteiger partial charge in [-0.25, -0.2) is 0 Å². The molecule has 1 aliphatic rings. The Kier molecular flexibility index (Phi) is 2.31. The molecule has 0 amide bonds. The lowest BCUT2D eigenvalue weighted by molar-refractivity contribution is 0.444. The highest BCUT2D eigenvalue weighted by Gasteiger charge is 2.25. The molecule has 5 aromatic rings. The van der Waals surface area contributed by atoms with Crippen LogP contribution in [0.2, 0.25) is 0 Å². The van der Waals surface area contributed by atoms with Crippen LogP contribution < -0.4 is 4.74 Å². The van der Waals surface area contributed by atoms with E-state index in [-0.39, 0.29) is 0 Å². The largest absolute Gasteiger partial charge is 0.437 e. The Hall–Kier alpha value is -3.27. The Morgan fingerprint density at radius 1 is 0.960 bits per heavy atom. The van der Waals surface area contributed by atoms with Crippen LogP contribution in [0.5, 0.6) is 11.6 Å². The Bertz CT molecular complexity index is 1310.